The number of rotatable bonds is 8. The molecule has 0 atom stereocenters. The molecule has 5 nitrogen and oxygen atoms in total. The molecule has 26 heavy (non-hydrogen) atoms. The summed E-state index contributed by atoms with van der Waals surface area (Å²) in [6.07, 6.45) is 2.98. The van der Waals surface area contributed by atoms with E-state index in [1.807, 2.05) is 49.4 Å². The smallest absolute Gasteiger partial charge is 0.244 e. The van der Waals surface area contributed by atoms with Crippen LogP contribution in [0.4, 0.5) is 0 Å². The summed E-state index contributed by atoms with van der Waals surface area (Å²) in [6, 6.07) is 14.7. The van der Waals surface area contributed by atoms with Crippen molar-refractivity contribution in [3.05, 3.63) is 76.3 Å². The van der Waals surface area contributed by atoms with Crippen molar-refractivity contribution in [2.45, 2.75) is 13.5 Å². The van der Waals surface area contributed by atoms with Crippen molar-refractivity contribution in [2.24, 2.45) is 0 Å². The van der Waals surface area contributed by atoms with E-state index in [0.717, 1.165) is 16.7 Å². The SMILES string of the molecule is Cc1ccc(/C=C/C(=O)NCCS(=O)(=O)NCc2ccccc2)cc1Cl. The molecule has 0 heterocycles. The summed E-state index contributed by atoms with van der Waals surface area (Å²) in [5, 5.41) is 3.18. The predicted molar refractivity (Wildman–Crippen MR) is 105 cm³/mol. The van der Waals surface area contributed by atoms with Crippen molar-refractivity contribution >= 4 is 33.6 Å². The summed E-state index contributed by atoms with van der Waals surface area (Å²) >= 11 is 6.03. The molecule has 0 aliphatic carbocycles. The quantitative estimate of drug-likeness (QED) is 0.678. The van der Waals surface area contributed by atoms with E-state index in [9.17, 15) is 13.2 Å². The Bertz CT molecular complexity index is 881. The van der Waals surface area contributed by atoms with Gasteiger partial charge < -0.3 is 5.32 Å². The molecule has 0 aliphatic rings. The first-order valence-corrected chi connectivity index (χ1v) is 10.1. The van der Waals surface area contributed by atoms with Gasteiger partial charge in [-0.2, -0.15) is 0 Å². The maximum atomic E-state index is 11.9. The Morgan fingerprint density at radius 2 is 1.88 bits per heavy atom. The molecule has 2 aromatic carbocycles. The van der Waals surface area contributed by atoms with Crippen LogP contribution < -0.4 is 10.0 Å². The van der Waals surface area contributed by atoms with Crippen LogP contribution in [0.3, 0.4) is 0 Å². The predicted octanol–water partition coefficient (Wildman–Crippen LogP) is 2.90. The number of hydrogen-bond donors (Lipinski definition) is 2. The number of carbonyl (C=O) groups is 1. The Morgan fingerprint density at radius 3 is 2.58 bits per heavy atom. The Morgan fingerprint density at radius 1 is 1.15 bits per heavy atom. The first-order valence-electron chi connectivity index (χ1n) is 8.09. The van der Waals surface area contributed by atoms with Gasteiger partial charge in [-0.15, -0.1) is 0 Å². The summed E-state index contributed by atoms with van der Waals surface area (Å²) in [5.74, 6) is -0.546. The number of sulfonamides is 1. The van der Waals surface area contributed by atoms with Crippen LogP contribution in [0.25, 0.3) is 6.08 Å². The fourth-order valence-electron chi connectivity index (χ4n) is 2.11. The average molecular weight is 393 g/mol. The van der Waals surface area contributed by atoms with Crippen LogP contribution in [-0.4, -0.2) is 26.6 Å². The van der Waals surface area contributed by atoms with Gasteiger partial charge in [0.1, 0.15) is 0 Å². The second-order valence-electron chi connectivity index (χ2n) is 5.76. The Kier molecular flexibility index (Phi) is 7.38. The summed E-state index contributed by atoms with van der Waals surface area (Å²) in [7, 11) is -3.46. The molecule has 0 aliphatic heterocycles. The molecule has 0 aromatic heterocycles. The van der Waals surface area contributed by atoms with E-state index in [1.54, 1.807) is 12.1 Å². The molecule has 0 spiro atoms. The highest BCUT2D eigenvalue weighted by molar-refractivity contribution is 7.89. The average Bonchev–Trinajstić information content (AvgIpc) is 2.62. The van der Waals surface area contributed by atoms with E-state index < -0.39 is 10.0 Å². The lowest BCUT2D eigenvalue weighted by Crippen LogP contribution is -2.33. The van der Waals surface area contributed by atoms with Crippen LogP contribution in [-0.2, 0) is 21.4 Å². The summed E-state index contributed by atoms with van der Waals surface area (Å²) in [6.45, 7) is 2.15. The van der Waals surface area contributed by atoms with E-state index in [4.69, 9.17) is 11.6 Å². The van der Waals surface area contributed by atoms with Gasteiger partial charge in [-0.3, -0.25) is 4.79 Å². The zero-order valence-corrected chi connectivity index (χ0v) is 16.0. The molecule has 0 bridgehead atoms. The zero-order valence-electron chi connectivity index (χ0n) is 14.4. The van der Waals surface area contributed by atoms with E-state index in [-0.39, 0.29) is 24.7 Å². The Balaban J connectivity index is 1.76. The highest BCUT2D eigenvalue weighted by Crippen LogP contribution is 2.17. The molecular weight excluding hydrogens is 372 g/mol. The zero-order chi connectivity index (χ0) is 19.0. The summed E-state index contributed by atoms with van der Waals surface area (Å²) in [5.41, 5.74) is 2.63. The van der Waals surface area contributed by atoms with Crippen molar-refractivity contribution in [2.75, 3.05) is 12.3 Å². The molecule has 0 saturated heterocycles. The van der Waals surface area contributed by atoms with E-state index in [2.05, 4.69) is 10.0 Å². The van der Waals surface area contributed by atoms with Gasteiger partial charge in [0.25, 0.3) is 0 Å². The number of nitrogens with one attached hydrogen (secondary N) is 2. The largest absolute Gasteiger partial charge is 0.351 e. The van der Waals surface area contributed by atoms with E-state index >= 15 is 0 Å². The fraction of sp³-hybridized carbons (Fsp3) is 0.211. The monoisotopic (exact) mass is 392 g/mol. The minimum atomic E-state index is -3.46. The standard InChI is InChI=1S/C19H21ClN2O3S/c1-15-7-8-16(13-18(15)20)9-10-19(23)21-11-12-26(24,25)22-14-17-5-3-2-4-6-17/h2-10,13,22H,11-12,14H2,1H3,(H,21,23)/b10-9+. The van der Waals surface area contributed by atoms with Crippen molar-refractivity contribution in [3.8, 4) is 0 Å². The molecule has 2 rings (SSSR count). The van der Waals surface area contributed by atoms with Crippen molar-refractivity contribution in [1.82, 2.24) is 10.0 Å². The first kappa shape index (κ1) is 20.2. The van der Waals surface area contributed by atoms with Crippen LogP contribution in [0.5, 0.6) is 0 Å². The van der Waals surface area contributed by atoms with Crippen LogP contribution in [0, 0.1) is 6.92 Å². The van der Waals surface area contributed by atoms with Gasteiger partial charge in [-0.05, 0) is 35.8 Å². The van der Waals surface area contributed by atoms with E-state index in [0.29, 0.717) is 5.02 Å². The molecule has 0 saturated carbocycles. The van der Waals surface area contributed by atoms with Crippen LogP contribution in [0.2, 0.25) is 5.02 Å². The third-order valence-electron chi connectivity index (χ3n) is 3.63. The number of aryl methyl sites for hydroxylation is 1. The minimum Gasteiger partial charge on any atom is -0.351 e. The number of halogens is 1. The van der Waals surface area contributed by atoms with Crippen molar-refractivity contribution in [1.29, 1.82) is 0 Å². The second kappa shape index (κ2) is 9.52. The molecular formula is C19H21ClN2O3S. The fourth-order valence-corrected chi connectivity index (χ4v) is 3.20. The van der Waals surface area contributed by atoms with Gasteiger partial charge in [-0.25, -0.2) is 13.1 Å². The highest BCUT2D eigenvalue weighted by Gasteiger charge is 2.10. The Labute approximate surface area is 159 Å². The van der Waals surface area contributed by atoms with Crippen molar-refractivity contribution in [3.63, 3.8) is 0 Å². The first-order chi connectivity index (χ1) is 12.4. The molecule has 0 radical (unpaired) electrons. The van der Waals surface area contributed by atoms with Gasteiger partial charge >= 0.3 is 0 Å². The number of benzene rings is 2. The molecule has 2 N–H and O–H groups in total. The van der Waals surface area contributed by atoms with Gasteiger partial charge in [0.05, 0.1) is 5.75 Å². The lowest BCUT2D eigenvalue weighted by Gasteiger charge is -2.07. The molecule has 1 amide bonds. The maximum absolute atomic E-state index is 11.9. The highest BCUT2D eigenvalue weighted by atomic mass is 35.5. The molecule has 7 heteroatoms. The normalized spacial score (nSPS) is 11.6. The lowest BCUT2D eigenvalue weighted by molar-refractivity contribution is -0.116. The molecule has 0 fully saturated rings. The number of carbonyl (C=O) groups excluding carboxylic acids is 1. The molecule has 0 unspecified atom stereocenters. The maximum Gasteiger partial charge on any atom is 0.244 e. The van der Waals surface area contributed by atoms with Gasteiger partial charge in [0.15, 0.2) is 0 Å². The van der Waals surface area contributed by atoms with Crippen molar-refractivity contribution < 1.29 is 13.2 Å². The third kappa shape index (κ3) is 7.00. The van der Waals surface area contributed by atoms with Gasteiger partial charge in [-0.1, -0.05) is 54.1 Å². The second-order valence-corrected chi connectivity index (χ2v) is 8.09. The summed E-state index contributed by atoms with van der Waals surface area (Å²) in [4.78, 5) is 11.8. The van der Waals surface area contributed by atoms with Crippen LogP contribution in [0.15, 0.2) is 54.6 Å². The molecule has 138 valence electrons. The van der Waals surface area contributed by atoms with Gasteiger partial charge in [0, 0.05) is 24.2 Å². The topological polar surface area (TPSA) is 75.3 Å². The van der Waals surface area contributed by atoms with E-state index in [1.165, 1.54) is 6.08 Å². The number of amides is 1. The lowest BCUT2D eigenvalue weighted by atomic mass is 10.1. The summed E-state index contributed by atoms with van der Waals surface area (Å²) < 4.78 is 26.4. The number of hydrogen-bond acceptors (Lipinski definition) is 3. The molecule has 2 aromatic rings. The Hall–Kier alpha value is -2.15. The minimum absolute atomic E-state index is 0.0297. The van der Waals surface area contributed by atoms with Gasteiger partial charge in [0.2, 0.25) is 15.9 Å². The van der Waals surface area contributed by atoms with Crippen LogP contribution >= 0.6 is 11.6 Å². The van der Waals surface area contributed by atoms with Crippen LogP contribution in [0.1, 0.15) is 16.7 Å². The third-order valence-corrected chi connectivity index (χ3v) is 5.37.